The van der Waals surface area contributed by atoms with Crippen LogP contribution in [0.15, 0.2) is 29.1 Å². The molecule has 7 heteroatoms. The summed E-state index contributed by atoms with van der Waals surface area (Å²) in [6.45, 7) is 4.49. The Balaban J connectivity index is 1.73. The SMILES string of the molecule is CC(C)c1occc1C(=O)NC[C@H]1CCC(=O)N(C)[C@@H]1c1cnn(C)c1. The number of carbonyl (C=O) groups excluding carboxylic acids is 2. The smallest absolute Gasteiger partial charge is 0.254 e. The minimum atomic E-state index is -0.132. The summed E-state index contributed by atoms with van der Waals surface area (Å²) in [6.07, 6.45) is 6.51. The van der Waals surface area contributed by atoms with Crippen LogP contribution in [-0.4, -0.2) is 40.1 Å². The fraction of sp³-hybridized carbons (Fsp3) is 0.526. The summed E-state index contributed by atoms with van der Waals surface area (Å²) in [4.78, 5) is 26.5. The van der Waals surface area contributed by atoms with Crippen molar-refractivity contribution in [2.75, 3.05) is 13.6 Å². The number of amides is 2. The van der Waals surface area contributed by atoms with Crippen molar-refractivity contribution in [3.05, 3.63) is 41.6 Å². The van der Waals surface area contributed by atoms with Gasteiger partial charge in [0.1, 0.15) is 5.76 Å². The van der Waals surface area contributed by atoms with Crippen LogP contribution in [0.4, 0.5) is 0 Å². The van der Waals surface area contributed by atoms with Crippen molar-refractivity contribution in [3.8, 4) is 0 Å². The lowest BCUT2D eigenvalue weighted by Crippen LogP contribution is -2.44. The van der Waals surface area contributed by atoms with Gasteiger partial charge >= 0.3 is 0 Å². The molecule has 2 aromatic rings. The summed E-state index contributed by atoms with van der Waals surface area (Å²) in [5.74, 6) is 0.972. The molecule has 1 aliphatic rings. The van der Waals surface area contributed by atoms with Gasteiger partial charge in [-0.25, -0.2) is 0 Å². The lowest BCUT2D eigenvalue weighted by atomic mass is 9.85. The van der Waals surface area contributed by atoms with E-state index in [1.807, 2.05) is 34.1 Å². The molecule has 0 unspecified atom stereocenters. The van der Waals surface area contributed by atoms with Crippen molar-refractivity contribution in [1.82, 2.24) is 20.0 Å². The lowest BCUT2D eigenvalue weighted by Gasteiger charge is -2.38. The van der Waals surface area contributed by atoms with Gasteiger partial charge in [-0.15, -0.1) is 0 Å². The number of furan rings is 1. The largest absolute Gasteiger partial charge is 0.468 e. The van der Waals surface area contributed by atoms with E-state index < -0.39 is 0 Å². The zero-order valence-corrected chi connectivity index (χ0v) is 15.7. The zero-order valence-electron chi connectivity index (χ0n) is 15.7. The molecule has 1 N–H and O–H groups in total. The summed E-state index contributed by atoms with van der Waals surface area (Å²) in [7, 11) is 3.68. The predicted molar refractivity (Wildman–Crippen MR) is 96.6 cm³/mol. The van der Waals surface area contributed by atoms with Gasteiger partial charge in [0, 0.05) is 50.7 Å². The first kappa shape index (κ1) is 18.2. The lowest BCUT2D eigenvalue weighted by molar-refractivity contribution is -0.136. The van der Waals surface area contributed by atoms with Crippen LogP contribution in [0.5, 0.6) is 0 Å². The monoisotopic (exact) mass is 358 g/mol. The van der Waals surface area contributed by atoms with Crippen LogP contribution < -0.4 is 5.32 Å². The third kappa shape index (κ3) is 3.52. The van der Waals surface area contributed by atoms with E-state index in [2.05, 4.69) is 10.4 Å². The first-order valence-electron chi connectivity index (χ1n) is 8.98. The first-order chi connectivity index (χ1) is 12.4. The molecule has 0 spiro atoms. The minimum Gasteiger partial charge on any atom is -0.468 e. The molecule has 0 radical (unpaired) electrons. The van der Waals surface area contributed by atoms with Crippen molar-refractivity contribution in [3.63, 3.8) is 0 Å². The second kappa shape index (κ2) is 7.35. The highest BCUT2D eigenvalue weighted by atomic mass is 16.3. The standard InChI is InChI=1S/C19H26N4O3/c1-12(2)18-15(7-8-26-18)19(25)20-9-13-5-6-16(24)23(4)17(13)14-10-21-22(3)11-14/h7-8,10-13,17H,5-6,9H2,1-4H3,(H,20,25)/t13-,17+/m1/s1. The maximum Gasteiger partial charge on any atom is 0.254 e. The van der Waals surface area contributed by atoms with Gasteiger partial charge in [0.15, 0.2) is 0 Å². The van der Waals surface area contributed by atoms with E-state index in [0.29, 0.717) is 24.3 Å². The Morgan fingerprint density at radius 2 is 2.19 bits per heavy atom. The Morgan fingerprint density at radius 1 is 1.42 bits per heavy atom. The second-order valence-electron chi connectivity index (χ2n) is 7.26. The topological polar surface area (TPSA) is 80.4 Å². The quantitative estimate of drug-likeness (QED) is 0.890. The number of nitrogens with one attached hydrogen (secondary N) is 1. The fourth-order valence-electron chi connectivity index (χ4n) is 3.69. The highest BCUT2D eigenvalue weighted by Gasteiger charge is 2.35. The number of rotatable bonds is 5. The molecule has 0 aromatic carbocycles. The fourth-order valence-corrected chi connectivity index (χ4v) is 3.69. The van der Waals surface area contributed by atoms with Gasteiger partial charge in [-0.05, 0) is 12.5 Å². The Bertz CT molecular complexity index is 792. The van der Waals surface area contributed by atoms with Crippen LogP contribution in [0.25, 0.3) is 0 Å². The average Bonchev–Trinajstić information content (AvgIpc) is 3.24. The zero-order chi connectivity index (χ0) is 18.8. The summed E-state index contributed by atoms with van der Waals surface area (Å²) < 4.78 is 7.17. The molecule has 3 heterocycles. The molecular weight excluding hydrogens is 332 g/mol. The van der Waals surface area contributed by atoms with Crippen LogP contribution in [0, 0.1) is 5.92 Å². The Labute approximate surface area is 153 Å². The number of hydrogen-bond donors (Lipinski definition) is 1. The molecule has 26 heavy (non-hydrogen) atoms. The number of likely N-dealkylation sites (tertiary alicyclic amines) is 1. The van der Waals surface area contributed by atoms with Crippen LogP contribution in [-0.2, 0) is 11.8 Å². The number of carbonyl (C=O) groups is 2. The van der Waals surface area contributed by atoms with E-state index in [4.69, 9.17) is 4.42 Å². The van der Waals surface area contributed by atoms with Gasteiger partial charge in [-0.2, -0.15) is 5.10 Å². The first-order valence-corrected chi connectivity index (χ1v) is 8.98. The van der Waals surface area contributed by atoms with Crippen LogP contribution in [0.1, 0.15) is 60.3 Å². The predicted octanol–water partition coefficient (Wildman–Crippen LogP) is 2.48. The molecule has 1 saturated heterocycles. The van der Waals surface area contributed by atoms with E-state index in [9.17, 15) is 9.59 Å². The maximum atomic E-state index is 12.6. The van der Waals surface area contributed by atoms with Crippen molar-refractivity contribution in [2.45, 2.75) is 38.6 Å². The summed E-state index contributed by atoms with van der Waals surface area (Å²) in [5.41, 5.74) is 1.58. The molecule has 1 fully saturated rings. The molecule has 3 rings (SSSR count). The average molecular weight is 358 g/mol. The molecular formula is C19H26N4O3. The molecule has 2 amide bonds. The van der Waals surface area contributed by atoms with Gasteiger partial charge in [0.2, 0.25) is 5.91 Å². The van der Waals surface area contributed by atoms with Crippen molar-refractivity contribution in [2.24, 2.45) is 13.0 Å². The highest BCUT2D eigenvalue weighted by molar-refractivity contribution is 5.95. The van der Waals surface area contributed by atoms with Gasteiger partial charge in [0.05, 0.1) is 24.1 Å². The Hall–Kier alpha value is -2.57. The molecule has 2 atom stereocenters. The number of aromatic nitrogens is 2. The van der Waals surface area contributed by atoms with Gasteiger partial charge in [0.25, 0.3) is 5.91 Å². The molecule has 0 aliphatic carbocycles. The summed E-state index contributed by atoms with van der Waals surface area (Å²) in [5, 5.41) is 7.26. The van der Waals surface area contributed by atoms with Gasteiger partial charge in [-0.3, -0.25) is 14.3 Å². The Morgan fingerprint density at radius 3 is 2.85 bits per heavy atom. The number of aryl methyl sites for hydroxylation is 1. The molecule has 0 saturated carbocycles. The van der Waals surface area contributed by atoms with E-state index in [-0.39, 0.29) is 29.7 Å². The third-order valence-electron chi connectivity index (χ3n) is 5.04. The van der Waals surface area contributed by atoms with Crippen molar-refractivity contribution >= 4 is 11.8 Å². The molecule has 7 nitrogen and oxygen atoms in total. The summed E-state index contributed by atoms with van der Waals surface area (Å²) in [6, 6.07) is 1.62. The highest BCUT2D eigenvalue weighted by Crippen LogP contribution is 2.35. The van der Waals surface area contributed by atoms with Crippen LogP contribution in [0.2, 0.25) is 0 Å². The van der Waals surface area contributed by atoms with Gasteiger partial charge < -0.3 is 14.6 Å². The number of hydrogen-bond acceptors (Lipinski definition) is 4. The van der Waals surface area contributed by atoms with Crippen LogP contribution in [0.3, 0.4) is 0 Å². The van der Waals surface area contributed by atoms with Crippen LogP contribution >= 0.6 is 0 Å². The molecule has 140 valence electrons. The molecule has 0 bridgehead atoms. The van der Waals surface area contributed by atoms with Crippen molar-refractivity contribution < 1.29 is 14.0 Å². The normalized spacial score (nSPS) is 20.7. The molecule has 1 aliphatic heterocycles. The molecule has 2 aromatic heterocycles. The number of nitrogens with zero attached hydrogens (tertiary/aromatic N) is 3. The van der Waals surface area contributed by atoms with E-state index in [0.717, 1.165) is 12.0 Å². The van der Waals surface area contributed by atoms with E-state index >= 15 is 0 Å². The van der Waals surface area contributed by atoms with E-state index in [1.54, 1.807) is 28.1 Å². The van der Waals surface area contributed by atoms with Crippen molar-refractivity contribution in [1.29, 1.82) is 0 Å². The summed E-state index contributed by atoms with van der Waals surface area (Å²) >= 11 is 0. The van der Waals surface area contributed by atoms with E-state index in [1.165, 1.54) is 0 Å². The van der Waals surface area contributed by atoms with Gasteiger partial charge in [-0.1, -0.05) is 13.8 Å². The third-order valence-corrected chi connectivity index (χ3v) is 5.04. The number of piperidine rings is 1. The Kier molecular flexibility index (Phi) is 5.15. The maximum absolute atomic E-state index is 12.6. The second-order valence-corrected chi connectivity index (χ2v) is 7.26. The minimum absolute atomic E-state index is 0.0841.